The lowest BCUT2D eigenvalue weighted by Gasteiger charge is -2.34. The first-order chi connectivity index (χ1) is 14.9. The summed E-state index contributed by atoms with van der Waals surface area (Å²) in [5.41, 5.74) is 6.17. The molecule has 31 heavy (non-hydrogen) atoms. The molecule has 1 amide bonds. The predicted octanol–water partition coefficient (Wildman–Crippen LogP) is 3.38. The highest BCUT2D eigenvalue weighted by Crippen LogP contribution is 2.23. The number of carbonyl (C=O) groups excluding carboxylic acids is 1. The molecule has 4 rings (SSSR count). The summed E-state index contributed by atoms with van der Waals surface area (Å²) in [7, 11) is 1.68. The standard InChI is InChI=1S/C24H31N5O2/c1-16-15-23-25-17(2)22(18(3)29(23)27-16)9-10-24(30)26-19-11-13-28(14-12-19)20-5-7-21(31-4)8-6-20/h5-8,15,19H,9-14H2,1-4H3,(H,26,30). The number of amides is 1. The van der Waals surface area contributed by atoms with Gasteiger partial charge in [-0.15, -0.1) is 0 Å². The minimum atomic E-state index is 0.110. The summed E-state index contributed by atoms with van der Waals surface area (Å²) < 4.78 is 7.11. The number of aromatic nitrogens is 3. The quantitative estimate of drug-likeness (QED) is 0.661. The van der Waals surface area contributed by atoms with Crippen LogP contribution in [-0.4, -0.2) is 46.7 Å². The third-order valence-corrected chi connectivity index (χ3v) is 6.19. The van der Waals surface area contributed by atoms with Gasteiger partial charge in [-0.3, -0.25) is 4.79 Å². The molecule has 2 aromatic heterocycles. The zero-order valence-corrected chi connectivity index (χ0v) is 18.8. The van der Waals surface area contributed by atoms with E-state index in [-0.39, 0.29) is 11.9 Å². The van der Waals surface area contributed by atoms with Crippen molar-refractivity contribution in [3.63, 3.8) is 0 Å². The van der Waals surface area contributed by atoms with Gasteiger partial charge < -0.3 is 15.0 Å². The van der Waals surface area contributed by atoms with Gasteiger partial charge in [0.25, 0.3) is 0 Å². The fraction of sp³-hybridized carbons (Fsp3) is 0.458. The maximum atomic E-state index is 12.6. The van der Waals surface area contributed by atoms with E-state index < -0.39 is 0 Å². The van der Waals surface area contributed by atoms with Crippen LogP contribution >= 0.6 is 0 Å². The summed E-state index contributed by atoms with van der Waals surface area (Å²) in [6, 6.07) is 10.4. The second kappa shape index (κ2) is 8.96. The fourth-order valence-electron chi connectivity index (χ4n) is 4.42. The Labute approximate surface area is 183 Å². The largest absolute Gasteiger partial charge is 0.497 e. The van der Waals surface area contributed by atoms with E-state index in [4.69, 9.17) is 4.74 Å². The van der Waals surface area contributed by atoms with Crippen molar-refractivity contribution in [2.45, 2.75) is 52.5 Å². The van der Waals surface area contributed by atoms with Crippen molar-refractivity contribution in [1.82, 2.24) is 19.9 Å². The van der Waals surface area contributed by atoms with E-state index in [1.807, 2.05) is 36.6 Å². The molecule has 0 bridgehead atoms. The van der Waals surface area contributed by atoms with Gasteiger partial charge in [-0.05, 0) is 69.9 Å². The smallest absolute Gasteiger partial charge is 0.220 e. The SMILES string of the molecule is COc1ccc(N2CCC(NC(=O)CCc3c(C)nc4cc(C)nn4c3C)CC2)cc1. The molecule has 1 N–H and O–H groups in total. The van der Waals surface area contributed by atoms with E-state index in [9.17, 15) is 4.79 Å². The van der Waals surface area contributed by atoms with Gasteiger partial charge >= 0.3 is 0 Å². The van der Waals surface area contributed by atoms with Crippen LogP contribution in [0, 0.1) is 20.8 Å². The van der Waals surface area contributed by atoms with E-state index in [1.165, 1.54) is 5.69 Å². The normalized spacial score (nSPS) is 14.8. The summed E-state index contributed by atoms with van der Waals surface area (Å²) in [6.07, 6.45) is 3.05. The lowest BCUT2D eigenvalue weighted by atomic mass is 10.0. The lowest BCUT2D eigenvalue weighted by Crippen LogP contribution is -2.44. The molecule has 1 aliphatic rings. The zero-order valence-electron chi connectivity index (χ0n) is 18.8. The molecule has 7 nitrogen and oxygen atoms in total. The zero-order chi connectivity index (χ0) is 22.0. The van der Waals surface area contributed by atoms with Crippen LogP contribution in [0.3, 0.4) is 0 Å². The van der Waals surface area contributed by atoms with Crippen LogP contribution in [0.25, 0.3) is 5.65 Å². The number of benzene rings is 1. The summed E-state index contributed by atoms with van der Waals surface area (Å²) in [5, 5.41) is 7.75. The summed E-state index contributed by atoms with van der Waals surface area (Å²) in [5.74, 6) is 0.979. The predicted molar refractivity (Wildman–Crippen MR) is 122 cm³/mol. The van der Waals surface area contributed by atoms with Gasteiger partial charge in [-0.1, -0.05) is 0 Å². The summed E-state index contributed by atoms with van der Waals surface area (Å²) in [6.45, 7) is 7.91. The number of hydrogen-bond donors (Lipinski definition) is 1. The minimum Gasteiger partial charge on any atom is -0.497 e. The number of nitrogens with one attached hydrogen (secondary N) is 1. The minimum absolute atomic E-state index is 0.110. The number of fused-ring (bicyclic) bond motifs is 1. The highest BCUT2D eigenvalue weighted by atomic mass is 16.5. The number of methoxy groups -OCH3 is 1. The number of anilines is 1. The second-order valence-corrected chi connectivity index (χ2v) is 8.34. The third kappa shape index (κ3) is 4.65. The maximum absolute atomic E-state index is 12.6. The van der Waals surface area contributed by atoms with Crippen molar-refractivity contribution in [1.29, 1.82) is 0 Å². The maximum Gasteiger partial charge on any atom is 0.220 e. The molecule has 1 aliphatic heterocycles. The molecule has 1 aromatic carbocycles. The number of carbonyl (C=O) groups is 1. The van der Waals surface area contributed by atoms with Crippen molar-refractivity contribution in [3.8, 4) is 5.75 Å². The first-order valence-corrected chi connectivity index (χ1v) is 11.0. The third-order valence-electron chi connectivity index (χ3n) is 6.19. The Bertz CT molecular complexity index is 1070. The molecular formula is C24H31N5O2. The number of aryl methyl sites for hydroxylation is 3. The number of nitrogens with zero attached hydrogens (tertiary/aromatic N) is 4. The van der Waals surface area contributed by atoms with E-state index in [0.29, 0.717) is 12.8 Å². The van der Waals surface area contributed by atoms with E-state index >= 15 is 0 Å². The molecule has 164 valence electrons. The van der Waals surface area contributed by atoms with Crippen LogP contribution in [0.15, 0.2) is 30.3 Å². The first kappa shape index (κ1) is 21.2. The molecule has 0 atom stereocenters. The topological polar surface area (TPSA) is 71.8 Å². The van der Waals surface area contributed by atoms with Crippen molar-refractivity contribution < 1.29 is 9.53 Å². The summed E-state index contributed by atoms with van der Waals surface area (Å²) >= 11 is 0. The Balaban J connectivity index is 1.29. The number of hydrogen-bond acceptors (Lipinski definition) is 5. The monoisotopic (exact) mass is 421 g/mol. The molecule has 0 radical (unpaired) electrons. The van der Waals surface area contributed by atoms with E-state index in [0.717, 1.165) is 60.0 Å². The average Bonchev–Trinajstić information content (AvgIpc) is 3.14. The van der Waals surface area contributed by atoms with Gasteiger partial charge in [0.15, 0.2) is 5.65 Å². The highest BCUT2D eigenvalue weighted by Gasteiger charge is 2.21. The van der Waals surface area contributed by atoms with E-state index in [1.54, 1.807) is 7.11 Å². The molecule has 0 aliphatic carbocycles. The Hall–Kier alpha value is -3.09. The van der Waals surface area contributed by atoms with Crippen LogP contribution in [-0.2, 0) is 11.2 Å². The Kier molecular flexibility index (Phi) is 6.11. The number of piperidine rings is 1. The van der Waals surface area contributed by atoms with Crippen molar-refractivity contribution in [3.05, 3.63) is 53.0 Å². The van der Waals surface area contributed by atoms with Gasteiger partial charge in [0.2, 0.25) is 5.91 Å². The summed E-state index contributed by atoms with van der Waals surface area (Å²) in [4.78, 5) is 19.6. The molecule has 0 unspecified atom stereocenters. The molecule has 3 aromatic rings. The molecule has 1 saturated heterocycles. The van der Waals surface area contributed by atoms with Crippen molar-refractivity contribution in [2.75, 3.05) is 25.1 Å². The van der Waals surface area contributed by atoms with Gasteiger partial charge in [0, 0.05) is 48.7 Å². The number of ether oxygens (including phenoxy) is 1. The van der Waals surface area contributed by atoms with Gasteiger partial charge in [-0.25, -0.2) is 9.50 Å². The van der Waals surface area contributed by atoms with Gasteiger partial charge in [0.05, 0.1) is 12.8 Å². The lowest BCUT2D eigenvalue weighted by molar-refractivity contribution is -0.121. The van der Waals surface area contributed by atoms with Crippen LogP contribution in [0.5, 0.6) is 5.75 Å². The van der Waals surface area contributed by atoms with Crippen LogP contribution in [0.2, 0.25) is 0 Å². The van der Waals surface area contributed by atoms with Crippen LogP contribution in [0.4, 0.5) is 5.69 Å². The van der Waals surface area contributed by atoms with Crippen molar-refractivity contribution in [2.24, 2.45) is 0 Å². The van der Waals surface area contributed by atoms with Crippen molar-refractivity contribution >= 4 is 17.2 Å². The fourth-order valence-corrected chi connectivity index (χ4v) is 4.42. The number of rotatable bonds is 6. The Morgan fingerprint density at radius 2 is 1.87 bits per heavy atom. The molecule has 1 fully saturated rings. The first-order valence-electron chi connectivity index (χ1n) is 11.0. The van der Waals surface area contributed by atoms with Crippen LogP contribution in [0.1, 0.15) is 41.9 Å². The molecular weight excluding hydrogens is 390 g/mol. The Morgan fingerprint density at radius 3 is 2.55 bits per heavy atom. The second-order valence-electron chi connectivity index (χ2n) is 8.34. The van der Waals surface area contributed by atoms with Gasteiger partial charge in [-0.2, -0.15) is 5.10 Å². The molecule has 7 heteroatoms. The van der Waals surface area contributed by atoms with E-state index in [2.05, 4.69) is 39.4 Å². The highest BCUT2D eigenvalue weighted by molar-refractivity contribution is 5.76. The van der Waals surface area contributed by atoms with Gasteiger partial charge in [0.1, 0.15) is 5.75 Å². The molecule has 0 saturated carbocycles. The molecule has 0 spiro atoms. The van der Waals surface area contributed by atoms with Crippen LogP contribution < -0.4 is 15.0 Å². The molecule has 3 heterocycles. The average molecular weight is 422 g/mol. The Morgan fingerprint density at radius 1 is 1.16 bits per heavy atom.